The zero-order valence-corrected chi connectivity index (χ0v) is 26.7. The van der Waals surface area contributed by atoms with Crippen LogP contribution >= 0.6 is 11.6 Å². The number of nitrogens with zero attached hydrogens (tertiary/aromatic N) is 6. The average Bonchev–Trinajstić information content (AvgIpc) is 3.57. The molecule has 11 nitrogen and oxygen atoms in total. The number of ether oxygens (including phenoxy) is 1. The molecule has 2 fully saturated rings. The van der Waals surface area contributed by atoms with Crippen LogP contribution in [-0.2, 0) is 16.1 Å². The number of carbonyl (C=O) groups excluding carboxylic acids is 3. The predicted molar refractivity (Wildman–Crippen MR) is 172 cm³/mol. The number of hydrogen-bond donors (Lipinski definition) is 1. The van der Waals surface area contributed by atoms with Gasteiger partial charge in [0, 0.05) is 80.1 Å². The summed E-state index contributed by atoms with van der Waals surface area (Å²) in [6.07, 6.45) is 1.44. The molecule has 0 radical (unpaired) electrons. The van der Waals surface area contributed by atoms with Gasteiger partial charge >= 0.3 is 6.36 Å². The second-order valence-electron chi connectivity index (χ2n) is 11.8. The average molecular weight is 682 g/mol. The van der Waals surface area contributed by atoms with Crippen molar-refractivity contribution in [2.24, 2.45) is 0 Å². The van der Waals surface area contributed by atoms with E-state index in [9.17, 15) is 27.6 Å². The quantitative estimate of drug-likeness (QED) is 0.282. The second-order valence-corrected chi connectivity index (χ2v) is 12.2. The Bertz CT molecular complexity index is 1560. The zero-order chi connectivity index (χ0) is 33.0. The standard InChI is InChI=1S/C31H39ClF3N7O4.CH4/c1-3-4-28(43)25-18-36-42(21(25)2)23-7-9-41(10-8-23)37-30(45)26-19-40(27-6-5-22(32)17-24(26)27)20-29(44)39-13-11-38(12-14-39)15-16-46-31(33,34)35;/h5-6,17-19,23H,3-4,7-16,20H2,1-2H3,(H,37,45);1H4. The van der Waals surface area contributed by atoms with Gasteiger partial charge in [-0.3, -0.25) is 34.1 Å². The van der Waals surface area contributed by atoms with Gasteiger partial charge in [0.1, 0.15) is 6.54 Å². The Balaban J connectivity index is 0.00000500. The van der Waals surface area contributed by atoms with Gasteiger partial charge in [-0.1, -0.05) is 26.0 Å². The number of carbonyl (C=O) groups is 3. The van der Waals surface area contributed by atoms with Crippen LogP contribution < -0.4 is 5.43 Å². The Labute approximate surface area is 277 Å². The fourth-order valence-corrected chi connectivity index (χ4v) is 6.36. The molecule has 4 heterocycles. The molecule has 1 N–H and O–H groups in total. The van der Waals surface area contributed by atoms with Crippen molar-refractivity contribution >= 4 is 40.1 Å². The summed E-state index contributed by atoms with van der Waals surface area (Å²) >= 11 is 6.29. The van der Waals surface area contributed by atoms with Crippen molar-refractivity contribution in [1.82, 2.24) is 34.6 Å². The lowest BCUT2D eigenvalue weighted by molar-refractivity contribution is -0.325. The van der Waals surface area contributed by atoms with Gasteiger partial charge in [-0.15, -0.1) is 13.2 Å². The smallest absolute Gasteiger partial charge is 0.339 e. The van der Waals surface area contributed by atoms with Crippen LogP contribution in [0.1, 0.15) is 72.5 Å². The van der Waals surface area contributed by atoms with Crippen molar-refractivity contribution in [1.29, 1.82) is 0 Å². The summed E-state index contributed by atoms with van der Waals surface area (Å²) in [5.74, 6) is -0.358. The number of hydrazine groups is 1. The highest BCUT2D eigenvalue weighted by atomic mass is 35.5. The van der Waals surface area contributed by atoms with E-state index in [1.807, 2.05) is 28.4 Å². The van der Waals surface area contributed by atoms with E-state index < -0.39 is 13.0 Å². The summed E-state index contributed by atoms with van der Waals surface area (Å²) in [6, 6.07) is 5.31. The van der Waals surface area contributed by atoms with Crippen molar-refractivity contribution in [3.8, 4) is 0 Å². The number of alkyl halides is 3. The molecule has 2 amide bonds. The SMILES string of the molecule is C.CCCC(=O)c1cnn(C2CCN(NC(=O)c3cn(CC(=O)N4CCN(CCOC(F)(F)F)CC4)c4ccc(Cl)cc34)CC2)c1C. The minimum Gasteiger partial charge on any atom is -0.339 e. The highest BCUT2D eigenvalue weighted by Gasteiger charge is 2.30. The van der Waals surface area contributed by atoms with Crippen LogP contribution in [0.5, 0.6) is 0 Å². The number of hydrogen-bond acceptors (Lipinski definition) is 7. The van der Waals surface area contributed by atoms with Crippen molar-refractivity contribution in [2.45, 2.75) is 65.9 Å². The molecule has 0 aliphatic carbocycles. The van der Waals surface area contributed by atoms with E-state index in [4.69, 9.17) is 11.6 Å². The van der Waals surface area contributed by atoms with Gasteiger partial charge in [-0.2, -0.15) is 5.10 Å². The third-order valence-corrected chi connectivity index (χ3v) is 8.92. The molecule has 2 aliphatic heterocycles. The number of rotatable bonds is 11. The van der Waals surface area contributed by atoms with Crippen LogP contribution in [0, 0.1) is 6.92 Å². The molecule has 5 rings (SSSR count). The molecular formula is C32H43ClF3N7O4. The van der Waals surface area contributed by atoms with Crippen LogP contribution in [0.3, 0.4) is 0 Å². The lowest BCUT2D eigenvalue weighted by atomic mass is 10.0. The van der Waals surface area contributed by atoms with E-state index in [-0.39, 0.29) is 44.2 Å². The van der Waals surface area contributed by atoms with Crippen LogP contribution in [0.2, 0.25) is 5.02 Å². The van der Waals surface area contributed by atoms with Gasteiger partial charge in [-0.05, 0) is 44.4 Å². The van der Waals surface area contributed by atoms with E-state index in [0.717, 1.165) is 25.0 Å². The molecule has 0 unspecified atom stereocenters. The van der Waals surface area contributed by atoms with Crippen molar-refractivity contribution in [3.05, 3.63) is 52.4 Å². The monoisotopic (exact) mass is 681 g/mol. The minimum atomic E-state index is -4.66. The van der Waals surface area contributed by atoms with Crippen LogP contribution in [-0.4, -0.2) is 106 Å². The normalized spacial score (nSPS) is 16.8. The van der Waals surface area contributed by atoms with Crippen molar-refractivity contribution in [3.63, 3.8) is 0 Å². The molecule has 15 heteroatoms. The molecule has 2 saturated heterocycles. The summed E-state index contributed by atoms with van der Waals surface area (Å²) < 4.78 is 44.3. The molecule has 0 saturated carbocycles. The van der Waals surface area contributed by atoms with Crippen molar-refractivity contribution in [2.75, 3.05) is 52.4 Å². The number of halogens is 4. The molecule has 3 aromatic rings. The highest BCUT2D eigenvalue weighted by Crippen LogP contribution is 2.27. The summed E-state index contributed by atoms with van der Waals surface area (Å²) in [5, 5.41) is 7.46. The second kappa shape index (κ2) is 15.6. The van der Waals surface area contributed by atoms with Gasteiger partial charge in [0.05, 0.1) is 30.0 Å². The first-order valence-corrected chi connectivity index (χ1v) is 15.9. The number of piperidine rings is 1. The first-order chi connectivity index (χ1) is 21.9. The maximum absolute atomic E-state index is 13.5. The first kappa shape index (κ1) is 36.4. The fraction of sp³-hybridized carbons (Fsp3) is 0.562. The topological polar surface area (TPSA) is 105 Å². The summed E-state index contributed by atoms with van der Waals surface area (Å²) in [5.41, 5.74) is 5.63. The molecule has 47 heavy (non-hydrogen) atoms. The van der Waals surface area contributed by atoms with Gasteiger partial charge in [0.2, 0.25) is 5.91 Å². The van der Waals surface area contributed by atoms with Crippen LogP contribution in [0.4, 0.5) is 13.2 Å². The molecule has 1 aromatic carbocycles. The highest BCUT2D eigenvalue weighted by molar-refractivity contribution is 6.31. The molecule has 0 spiro atoms. The van der Waals surface area contributed by atoms with Gasteiger partial charge < -0.3 is 9.47 Å². The minimum absolute atomic E-state index is 0. The third-order valence-electron chi connectivity index (χ3n) is 8.68. The van der Waals surface area contributed by atoms with Crippen molar-refractivity contribution < 1.29 is 32.3 Å². The number of aromatic nitrogens is 3. The maximum atomic E-state index is 13.5. The predicted octanol–water partition coefficient (Wildman–Crippen LogP) is 5.08. The van der Waals surface area contributed by atoms with Crippen LogP contribution in [0.25, 0.3) is 10.9 Å². The Hall–Kier alpha value is -3.46. The number of fused-ring (bicyclic) bond motifs is 1. The summed E-state index contributed by atoms with van der Waals surface area (Å²) in [7, 11) is 0. The van der Waals surface area contributed by atoms with Gasteiger partial charge in [0.15, 0.2) is 5.78 Å². The number of ketones is 1. The Kier molecular flexibility index (Phi) is 12.1. The molecule has 2 aliphatic rings. The van der Waals surface area contributed by atoms with Gasteiger partial charge in [-0.25, -0.2) is 5.01 Å². The van der Waals surface area contributed by atoms with Crippen LogP contribution in [0.15, 0.2) is 30.6 Å². The molecule has 2 aromatic heterocycles. The van der Waals surface area contributed by atoms with E-state index in [2.05, 4.69) is 15.3 Å². The molecule has 0 atom stereocenters. The number of piperazine rings is 1. The summed E-state index contributed by atoms with van der Waals surface area (Å²) in [4.78, 5) is 42.7. The lowest BCUT2D eigenvalue weighted by Crippen LogP contribution is -2.50. The van der Waals surface area contributed by atoms with E-state index in [1.54, 1.807) is 40.1 Å². The lowest BCUT2D eigenvalue weighted by Gasteiger charge is -2.34. The maximum Gasteiger partial charge on any atom is 0.522 e. The molecular weight excluding hydrogens is 639 g/mol. The summed E-state index contributed by atoms with van der Waals surface area (Å²) in [6.45, 7) is 6.42. The first-order valence-electron chi connectivity index (χ1n) is 15.6. The Morgan fingerprint density at radius 1 is 1.06 bits per heavy atom. The fourth-order valence-electron chi connectivity index (χ4n) is 6.19. The Morgan fingerprint density at radius 3 is 2.43 bits per heavy atom. The zero-order valence-electron chi connectivity index (χ0n) is 26.0. The largest absolute Gasteiger partial charge is 0.522 e. The Morgan fingerprint density at radius 2 is 1.77 bits per heavy atom. The number of benzene rings is 1. The third kappa shape index (κ3) is 8.92. The molecule has 0 bridgehead atoms. The number of Topliss-reactive ketones (excluding diaryl/α,β-unsaturated/α-hetero) is 1. The van der Waals surface area contributed by atoms with E-state index >= 15 is 0 Å². The molecule has 258 valence electrons. The van der Waals surface area contributed by atoms with Gasteiger partial charge in [0.25, 0.3) is 5.91 Å². The van der Waals surface area contributed by atoms with E-state index in [1.165, 1.54) is 0 Å². The number of amides is 2. The number of nitrogens with one attached hydrogen (secondary N) is 1. The van der Waals surface area contributed by atoms with E-state index in [0.29, 0.717) is 72.7 Å².